The molecule has 0 bridgehead atoms. The lowest BCUT2D eigenvalue weighted by molar-refractivity contribution is -0.0533. The maximum atomic E-state index is 13.5. The Morgan fingerprint density at radius 3 is 2.75 bits per heavy atom. The van der Waals surface area contributed by atoms with Crippen molar-refractivity contribution in [3.8, 4) is 5.75 Å². The number of ether oxygens (including phenoxy) is 3. The number of nitrogens with zero attached hydrogens (tertiary/aromatic N) is 6. The Labute approximate surface area is 235 Å². The first kappa shape index (κ1) is 26.7. The first-order valence-corrected chi connectivity index (χ1v) is 14.3. The fourth-order valence-corrected chi connectivity index (χ4v) is 6.81. The van der Waals surface area contributed by atoms with Crippen LogP contribution in [0.25, 0.3) is 15.9 Å². The van der Waals surface area contributed by atoms with Gasteiger partial charge in [-0.3, -0.25) is 9.47 Å². The second-order valence-electron chi connectivity index (χ2n) is 11.3. The molecule has 11 nitrogen and oxygen atoms in total. The minimum atomic E-state index is -0.528. The summed E-state index contributed by atoms with van der Waals surface area (Å²) in [5.41, 5.74) is 2.11. The van der Waals surface area contributed by atoms with E-state index in [1.165, 1.54) is 21.3 Å². The van der Waals surface area contributed by atoms with E-state index in [1.54, 1.807) is 27.9 Å². The van der Waals surface area contributed by atoms with E-state index in [1.807, 2.05) is 45.0 Å². The van der Waals surface area contributed by atoms with Gasteiger partial charge in [0.05, 0.1) is 38.3 Å². The number of morpholine rings is 1. The number of amides is 1. The number of carbonyl (C=O) groups excluding carboxylic acids is 1. The van der Waals surface area contributed by atoms with E-state index >= 15 is 0 Å². The summed E-state index contributed by atoms with van der Waals surface area (Å²) in [6.07, 6.45) is 1.90. The van der Waals surface area contributed by atoms with Crippen LogP contribution in [0.4, 0.5) is 4.79 Å². The van der Waals surface area contributed by atoms with Crippen LogP contribution >= 0.6 is 11.3 Å². The van der Waals surface area contributed by atoms with E-state index in [2.05, 4.69) is 15.0 Å². The van der Waals surface area contributed by atoms with Crippen molar-refractivity contribution < 1.29 is 19.0 Å². The molecule has 0 saturated carbocycles. The lowest BCUT2D eigenvalue weighted by Gasteiger charge is -2.37. The Kier molecular flexibility index (Phi) is 7.01. The van der Waals surface area contributed by atoms with E-state index < -0.39 is 5.60 Å². The zero-order valence-corrected chi connectivity index (χ0v) is 24.1. The van der Waals surface area contributed by atoms with Gasteiger partial charge in [0.25, 0.3) is 0 Å². The van der Waals surface area contributed by atoms with Crippen molar-refractivity contribution in [1.82, 2.24) is 29.0 Å². The van der Waals surface area contributed by atoms with Gasteiger partial charge >= 0.3 is 11.8 Å². The summed E-state index contributed by atoms with van der Waals surface area (Å²) in [4.78, 5) is 36.8. The van der Waals surface area contributed by atoms with Crippen molar-refractivity contribution in [1.29, 1.82) is 0 Å². The van der Waals surface area contributed by atoms with E-state index in [0.717, 1.165) is 41.0 Å². The highest BCUT2D eigenvalue weighted by Crippen LogP contribution is 2.37. The molecule has 40 heavy (non-hydrogen) atoms. The van der Waals surface area contributed by atoms with Crippen molar-refractivity contribution in [3.05, 3.63) is 57.1 Å². The summed E-state index contributed by atoms with van der Waals surface area (Å²) >= 11 is 1.65. The Morgan fingerprint density at radius 1 is 1.20 bits per heavy atom. The van der Waals surface area contributed by atoms with Crippen molar-refractivity contribution >= 4 is 33.3 Å². The largest absolute Gasteiger partial charge is 0.497 e. The van der Waals surface area contributed by atoms with Gasteiger partial charge in [-0.1, -0.05) is 12.1 Å². The molecule has 1 saturated heterocycles. The zero-order chi connectivity index (χ0) is 28.0. The Balaban J connectivity index is 1.25. The molecule has 0 radical (unpaired) electrons. The third-order valence-electron chi connectivity index (χ3n) is 7.30. The normalized spacial score (nSPS) is 18.3. The molecule has 212 valence electrons. The fourth-order valence-electron chi connectivity index (χ4n) is 5.43. The monoisotopic (exact) mass is 566 g/mol. The van der Waals surface area contributed by atoms with Gasteiger partial charge in [0, 0.05) is 31.1 Å². The standard InChI is InChI=1S/C28H34N6O5S/c1-28(2,3)39-27(36)32-11-12-38-20(15-32)14-31-10-9-21-22(16-31)40-25-23(21)24-29-17-30-34(24)26(35)33(25)13-18-5-7-19(37-4)8-6-18/h5-8,17,20H,9-16H2,1-4H3. The number of methoxy groups -OCH3 is 1. The van der Waals surface area contributed by atoms with Gasteiger partial charge in [-0.05, 0) is 50.5 Å². The zero-order valence-electron chi connectivity index (χ0n) is 23.3. The highest BCUT2D eigenvalue weighted by molar-refractivity contribution is 7.19. The molecule has 0 N–H and O–H groups in total. The number of thiophene rings is 1. The molecule has 3 aromatic heterocycles. The van der Waals surface area contributed by atoms with E-state index in [0.29, 0.717) is 38.4 Å². The molecule has 1 unspecified atom stereocenters. The number of fused-ring (bicyclic) bond motifs is 5. The molecule has 2 aliphatic rings. The summed E-state index contributed by atoms with van der Waals surface area (Å²) < 4.78 is 20.1. The van der Waals surface area contributed by atoms with Crippen molar-refractivity contribution in [2.75, 3.05) is 39.9 Å². The van der Waals surface area contributed by atoms with Gasteiger partial charge in [-0.2, -0.15) is 9.61 Å². The third kappa shape index (κ3) is 5.18. The minimum absolute atomic E-state index is 0.0892. The average molecular weight is 567 g/mol. The number of hydrogen-bond donors (Lipinski definition) is 0. The number of benzene rings is 1. The molecule has 5 heterocycles. The first-order valence-electron chi connectivity index (χ1n) is 13.5. The molecule has 2 aliphatic heterocycles. The number of aromatic nitrogens is 4. The van der Waals surface area contributed by atoms with Gasteiger partial charge < -0.3 is 19.1 Å². The van der Waals surface area contributed by atoms with Gasteiger partial charge in [0.1, 0.15) is 22.5 Å². The van der Waals surface area contributed by atoms with Crippen LogP contribution in [0.3, 0.4) is 0 Å². The highest BCUT2D eigenvalue weighted by atomic mass is 32.1. The van der Waals surface area contributed by atoms with Crippen molar-refractivity contribution in [2.45, 2.75) is 52.0 Å². The maximum absolute atomic E-state index is 13.5. The molecular weight excluding hydrogens is 532 g/mol. The molecule has 1 atom stereocenters. The van der Waals surface area contributed by atoms with Crippen LogP contribution in [0, 0.1) is 0 Å². The second kappa shape index (κ2) is 10.5. The second-order valence-corrected chi connectivity index (χ2v) is 12.4. The predicted octanol–water partition coefficient (Wildman–Crippen LogP) is 3.16. The molecule has 4 aromatic rings. The van der Waals surface area contributed by atoms with Crippen LogP contribution in [0.2, 0.25) is 0 Å². The van der Waals surface area contributed by atoms with Crippen LogP contribution < -0.4 is 10.4 Å². The summed E-state index contributed by atoms with van der Waals surface area (Å²) in [6, 6.07) is 7.76. The topological polar surface area (TPSA) is 103 Å². The first-order chi connectivity index (χ1) is 19.2. The number of carbonyl (C=O) groups is 1. The van der Waals surface area contributed by atoms with Crippen LogP contribution in [-0.2, 0) is 29.0 Å². The van der Waals surface area contributed by atoms with Gasteiger partial charge in [0.15, 0.2) is 5.65 Å². The lowest BCUT2D eigenvalue weighted by atomic mass is 10.0. The Bertz CT molecular complexity index is 1600. The van der Waals surface area contributed by atoms with Crippen LogP contribution in [0.1, 0.15) is 36.8 Å². The van der Waals surface area contributed by atoms with E-state index in [9.17, 15) is 9.59 Å². The molecule has 12 heteroatoms. The Morgan fingerprint density at radius 2 is 2.00 bits per heavy atom. The number of hydrogen-bond acceptors (Lipinski definition) is 9. The summed E-state index contributed by atoms with van der Waals surface area (Å²) in [6.45, 7) is 9.91. The molecule has 0 aliphatic carbocycles. The smallest absolute Gasteiger partial charge is 0.410 e. The maximum Gasteiger partial charge on any atom is 0.410 e. The molecule has 0 spiro atoms. The van der Waals surface area contributed by atoms with E-state index in [4.69, 9.17) is 14.2 Å². The quantitative estimate of drug-likeness (QED) is 0.363. The van der Waals surface area contributed by atoms with Crippen molar-refractivity contribution in [3.63, 3.8) is 0 Å². The summed E-state index contributed by atoms with van der Waals surface area (Å²) in [5, 5.41) is 5.26. The highest BCUT2D eigenvalue weighted by Gasteiger charge is 2.31. The van der Waals surface area contributed by atoms with Crippen LogP contribution in [0.5, 0.6) is 5.75 Å². The summed E-state index contributed by atoms with van der Waals surface area (Å²) in [7, 11) is 1.64. The molecule has 1 amide bonds. The minimum Gasteiger partial charge on any atom is -0.497 e. The van der Waals surface area contributed by atoms with E-state index in [-0.39, 0.29) is 17.9 Å². The SMILES string of the molecule is COc1ccc(Cn2c(=O)n3ncnc3c3c4c(sc32)CN(CC2CN(C(=O)OC(C)(C)C)CCO2)CC4)cc1. The summed E-state index contributed by atoms with van der Waals surface area (Å²) in [5.74, 6) is 0.774. The van der Waals surface area contributed by atoms with Gasteiger partial charge in [-0.15, -0.1) is 11.3 Å². The average Bonchev–Trinajstić information content (AvgIpc) is 3.55. The fraction of sp³-hybridized carbons (Fsp3) is 0.500. The molecular formula is C28H34N6O5S. The van der Waals surface area contributed by atoms with Crippen LogP contribution in [-0.4, -0.2) is 86.7 Å². The predicted molar refractivity (Wildman–Crippen MR) is 151 cm³/mol. The molecule has 1 fully saturated rings. The van der Waals surface area contributed by atoms with Crippen molar-refractivity contribution in [2.24, 2.45) is 0 Å². The molecule has 6 rings (SSSR count). The third-order valence-corrected chi connectivity index (χ3v) is 8.54. The van der Waals surface area contributed by atoms with Gasteiger partial charge in [0.2, 0.25) is 0 Å². The van der Waals surface area contributed by atoms with Crippen LogP contribution in [0.15, 0.2) is 35.4 Å². The molecule has 1 aromatic carbocycles. The lowest BCUT2D eigenvalue weighted by Crippen LogP contribution is -2.51. The van der Waals surface area contributed by atoms with Gasteiger partial charge in [-0.25, -0.2) is 14.6 Å². The number of rotatable bonds is 5. The Hall–Kier alpha value is -3.48.